The summed E-state index contributed by atoms with van der Waals surface area (Å²) in [6.07, 6.45) is 1.31. The molecular weight excluding hydrogens is 244 g/mol. The summed E-state index contributed by atoms with van der Waals surface area (Å²) in [5.74, 6) is 0.917. The molecule has 0 saturated carbocycles. The maximum atomic E-state index is 5.87. The molecule has 1 unspecified atom stereocenters. The first-order chi connectivity index (χ1) is 8.20. The van der Waals surface area contributed by atoms with Crippen molar-refractivity contribution in [3.63, 3.8) is 0 Å². The van der Waals surface area contributed by atoms with Crippen molar-refractivity contribution in [2.75, 3.05) is 13.2 Å². The van der Waals surface area contributed by atoms with Crippen LogP contribution < -0.4 is 4.74 Å². The molecule has 0 aliphatic carbocycles. The van der Waals surface area contributed by atoms with Crippen molar-refractivity contribution in [1.29, 1.82) is 0 Å². The van der Waals surface area contributed by atoms with Crippen LogP contribution in [-0.2, 0) is 4.74 Å². The Kier molecular flexibility index (Phi) is 3.75. The normalized spacial score (nSPS) is 12.9. The van der Waals surface area contributed by atoms with Crippen LogP contribution in [0.1, 0.15) is 13.8 Å². The summed E-state index contributed by atoms with van der Waals surface area (Å²) in [6, 6.07) is 1.60. The smallest absolute Gasteiger partial charge is 0.256 e. The fourth-order valence-electron chi connectivity index (χ4n) is 1.37. The third-order valence-corrected chi connectivity index (χ3v) is 2.26. The molecule has 0 spiro atoms. The number of halogens is 1. The van der Waals surface area contributed by atoms with Crippen LogP contribution in [0.3, 0.4) is 0 Å². The Morgan fingerprint density at radius 2 is 2.35 bits per heavy atom. The van der Waals surface area contributed by atoms with Crippen molar-refractivity contribution in [3.05, 3.63) is 17.5 Å². The Bertz CT molecular complexity index is 502. The van der Waals surface area contributed by atoms with Gasteiger partial charge in [-0.1, -0.05) is 11.6 Å². The van der Waals surface area contributed by atoms with Gasteiger partial charge in [-0.15, -0.1) is 0 Å². The first-order valence-electron chi connectivity index (χ1n) is 5.31. The zero-order chi connectivity index (χ0) is 12.3. The van der Waals surface area contributed by atoms with E-state index in [1.54, 1.807) is 6.07 Å². The van der Waals surface area contributed by atoms with Gasteiger partial charge in [0.05, 0.1) is 6.61 Å². The highest BCUT2D eigenvalue weighted by molar-refractivity contribution is 6.29. The number of nitrogens with zero attached hydrogens (tertiary/aromatic N) is 4. The second kappa shape index (κ2) is 5.29. The molecule has 92 valence electrons. The number of hydrogen-bond donors (Lipinski definition) is 0. The van der Waals surface area contributed by atoms with E-state index >= 15 is 0 Å². The number of ether oxygens (including phenoxy) is 2. The molecule has 2 heterocycles. The maximum absolute atomic E-state index is 5.87. The third-order valence-electron chi connectivity index (χ3n) is 2.07. The minimum absolute atomic E-state index is 0.0965. The zero-order valence-electron chi connectivity index (χ0n) is 9.63. The largest absolute Gasteiger partial charge is 0.472 e. The predicted molar refractivity (Wildman–Crippen MR) is 62.4 cm³/mol. The Morgan fingerprint density at radius 1 is 1.53 bits per heavy atom. The fourth-order valence-corrected chi connectivity index (χ4v) is 1.53. The molecule has 0 aromatic carbocycles. The summed E-state index contributed by atoms with van der Waals surface area (Å²) in [5, 5.41) is 4.33. The minimum atomic E-state index is -0.0965. The molecule has 2 rings (SSSR count). The summed E-state index contributed by atoms with van der Waals surface area (Å²) < 4.78 is 12.4. The lowest BCUT2D eigenvalue weighted by molar-refractivity contribution is 0.0620. The quantitative estimate of drug-likeness (QED) is 0.760. The van der Waals surface area contributed by atoms with Crippen LogP contribution in [0, 0.1) is 0 Å². The fraction of sp³-hybridized carbons (Fsp3) is 0.500. The Morgan fingerprint density at radius 3 is 3.12 bits per heavy atom. The van der Waals surface area contributed by atoms with Crippen molar-refractivity contribution in [2.24, 2.45) is 0 Å². The summed E-state index contributed by atoms with van der Waals surface area (Å²) in [7, 11) is 0. The van der Waals surface area contributed by atoms with Crippen molar-refractivity contribution in [3.8, 4) is 5.88 Å². The van der Waals surface area contributed by atoms with Crippen LogP contribution in [0.5, 0.6) is 5.88 Å². The second-order valence-electron chi connectivity index (χ2n) is 3.48. The average molecular weight is 257 g/mol. The van der Waals surface area contributed by atoms with Gasteiger partial charge >= 0.3 is 0 Å². The predicted octanol–water partition coefficient (Wildman–Crippen LogP) is 1.58. The molecule has 0 N–H and O–H groups in total. The van der Waals surface area contributed by atoms with Gasteiger partial charge in [-0.05, 0) is 13.8 Å². The van der Waals surface area contributed by atoms with Crippen LogP contribution in [-0.4, -0.2) is 38.9 Å². The molecule has 0 aliphatic rings. The maximum Gasteiger partial charge on any atom is 0.256 e. The highest BCUT2D eigenvalue weighted by atomic mass is 35.5. The van der Waals surface area contributed by atoms with E-state index in [1.165, 1.54) is 10.8 Å². The van der Waals surface area contributed by atoms with Gasteiger partial charge in [0.25, 0.3) is 5.78 Å². The summed E-state index contributed by atoms with van der Waals surface area (Å²) >= 11 is 5.87. The second-order valence-corrected chi connectivity index (χ2v) is 3.86. The van der Waals surface area contributed by atoms with E-state index in [0.717, 1.165) is 0 Å². The van der Waals surface area contributed by atoms with Crippen LogP contribution in [0.25, 0.3) is 5.78 Å². The van der Waals surface area contributed by atoms with Gasteiger partial charge in [-0.2, -0.15) is 19.6 Å². The first-order valence-corrected chi connectivity index (χ1v) is 5.69. The van der Waals surface area contributed by atoms with Gasteiger partial charge in [0, 0.05) is 12.7 Å². The van der Waals surface area contributed by atoms with E-state index in [9.17, 15) is 0 Å². The van der Waals surface area contributed by atoms with Crippen LogP contribution in [0.4, 0.5) is 0 Å². The van der Waals surface area contributed by atoms with E-state index in [1.807, 2.05) is 13.8 Å². The van der Waals surface area contributed by atoms with Gasteiger partial charge in [-0.3, -0.25) is 0 Å². The van der Waals surface area contributed by atoms with Crippen molar-refractivity contribution in [1.82, 2.24) is 19.6 Å². The van der Waals surface area contributed by atoms with E-state index in [4.69, 9.17) is 21.1 Å². The number of rotatable bonds is 5. The summed E-state index contributed by atoms with van der Waals surface area (Å²) in [4.78, 5) is 7.96. The number of fused-ring (bicyclic) bond motifs is 1. The molecule has 1 atom stereocenters. The van der Waals surface area contributed by atoms with Gasteiger partial charge in [0.2, 0.25) is 5.88 Å². The molecule has 6 nitrogen and oxygen atoms in total. The van der Waals surface area contributed by atoms with Gasteiger partial charge < -0.3 is 9.47 Å². The van der Waals surface area contributed by atoms with E-state index in [-0.39, 0.29) is 6.10 Å². The average Bonchev–Trinajstić information content (AvgIpc) is 2.74. The molecule has 0 fully saturated rings. The molecule has 2 aromatic rings. The monoisotopic (exact) mass is 256 g/mol. The van der Waals surface area contributed by atoms with E-state index in [0.29, 0.717) is 30.0 Å². The van der Waals surface area contributed by atoms with Gasteiger partial charge in [0.1, 0.15) is 17.6 Å². The van der Waals surface area contributed by atoms with Crippen LogP contribution in [0.2, 0.25) is 5.15 Å². The summed E-state index contributed by atoms with van der Waals surface area (Å²) in [5.41, 5.74) is 0. The minimum Gasteiger partial charge on any atom is -0.472 e. The lowest BCUT2D eigenvalue weighted by Crippen LogP contribution is -2.20. The molecule has 2 aromatic heterocycles. The molecule has 0 bridgehead atoms. The lowest BCUT2D eigenvalue weighted by Gasteiger charge is -2.14. The highest BCUT2D eigenvalue weighted by Crippen LogP contribution is 2.17. The SMILES string of the molecule is CCOCC(C)Oc1cc(Cl)nc2ncnn12. The standard InChI is InChI=1S/C10H13ClN4O2/c1-3-16-5-7(2)17-9-4-8(11)14-10-12-6-13-15(9)10/h4,6-7H,3,5H2,1-2H3. The van der Waals surface area contributed by atoms with Gasteiger partial charge in [-0.25, -0.2) is 0 Å². The van der Waals surface area contributed by atoms with E-state index in [2.05, 4.69) is 15.1 Å². The van der Waals surface area contributed by atoms with Crippen molar-refractivity contribution < 1.29 is 9.47 Å². The van der Waals surface area contributed by atoms with Crippen molar-refractivity contribution >= 4 is 17.4 Å². The molecule has 7 heteroatoms. The molecule has 0 amide bonds. The van der Waals surface area contributed by atoms with Crippen LogP contribution >= 0.6 is 11.6 Å². The van der Waals surface area contributed by atoms with Crippen molar-refractivity contribution in [2.45, 2.75) is 20.0 Å². The number of hydrogen-bond acceptors (Lipinski definition) is 5. The molecular formula is C10H13ClN4O2. The lowest BCUT2D eigenvalue weighted by atomic mass is 10.4. The molecule has 0 aliphatic heterocycles. The topological polar surface area (TPSA) is 61.5 Å². The first kappa shape index (κ1) is 12.1. The molecule has 0 radical (unpaired) electrons. The Labute approximate surface area is 104 Å². The van der Waals surface area contributed by atoms with Crippen LogP contribution in [0.15, 0.2) is 12.4 Å². The highest BCUT2D eigenvalue weighted by Gasteiger charge is 2.11. The van der Waals surface area contributed by atoms with E-state index < -0.39 is 0 Å². The molecule has 0 saturated heterocycles. The van der Waals surface area contributed by atoms with Gasteiger partial charge in [0.15, 0.2) is 0 Å². The number of aromatic nitrogens is 4. The Hall–Kier alpha value is -1.40. The Balaban J connectivity index is 2.19. The third kappa shape index (κ3) is 2.83. The zero-order valence-corrected chi connectivity index (χ0v) is 10.4. The summed E-state index contributed by atoms with van der Waals surface area (Å²) in [6.45, 7) is 5.01. The molecule has 17 heavy (non-hydrogen) atoms.